The molecule has 0 aromatic heterocycles. The number of amides is 5. The predicted molar refractivity (Wildman–Crippen MR) is 213 cm³/mol. The lowest BCUT2D eigenvalue weighted by molar-refractivity contribution is -0.282. The summed E-state index contributed by atoms with van der Waals surface area (Å²) < 4.78 is 47.0. The van der Waals surface area contributed by atoms with Crippen LogP contribution in [-0.2, 0) is 71.4 Å². The smallest absolute Gasteiger partial charge is 0.253 e. The molecule has 0 aromatic rings. The second-order valence-corrected chi connectivity index (χ2v) is 14.9. The third kappa shape index (κ3) is 19.8. The molecule has 2 fully saturated rings. The Hall–Kier alpha value is -2.97. The average molecular weight is 881 g/mol. The van der Waals surface area contributed by atoms with Crippen molar-refractivity contribution in [2.75, 3.05) is 126 Å². The molecule has 3 rings (SSSR count). The summed E-state index contributed by atoms with van der Waals surface area (Å²) in [5.41, 5.74) is 6.01. The van der Waals surface area contributed by atoms with Crippen molar-refractivity contribution in [2.45, 2.75) is 62.1 Å². The molecular formula is C38H64N4O17S. The lowest BCUT2D eigenvalue weighted by atomic mass is 9.91. The van der Waals surface area contributed by atoms with Gasteiger partial charge < -0.3 is 63.9 Å². The van der Waals surface area contributed by atoms with Crippen LogP contribution in [-0.4, -0.2) is 217 Å². The van der Waals surface area contributed by atoms with E-state index in [1.54, 1.807) is 21.1 Å². The molecule has 3 aliphatic rings. The molecule has 5 N–H and O–H groups in total. The van der Waals surface area contributed by atoms with E-state index in [0.29, 0.717) is 65.8 Å². The summed E-state index contributed by atoms with van der Waals surface area (Å²) in [5, 5.41) is 22.2. The maximum absolute atomic E-state index is 12.5. The number of aliphatic hydroxyl groups is 2. The normalized spacial score (nSPS) is 23.3. The fourth-order valence-corrected chi connectivity index (χ4v) is 6.83. The molecule has 4 unspecified atom stereocenters. The zero-order chi connectivity index (χ0) is 44.3. The van der Waals surface area contributed by atoms with E-state index in [1.807, 2.05) is 0 Å². The van der Waals surface area contributed by atoms with Crippen molar-refractivity contribution in [3.63, 3.8) is 0 Å². The molecule has 0 spiro atoms. The lowest BCUT2D eigenvalue weighted by Gasteiger charge is -2.40. The number of Topliss-reactive ketones (excluding diaryl/α,β-unsaturated/α-hetero) is 1. The highest BCUT2D eigenvalue weighted by Gasteiger charge is 2.42. The number of nitrogens with two attached hydrogens (primary N) is 1. The van der Waals surface area contributed by atoms with Crippen LogP contribution in [0.25, 0.3) is 0 Å². The summed E-state index contributed by atoms with van der Waals surface area (Å²) >= 11 is 1.23. The van der Waals surface area contributed by atoms with Gasteiger partial charge in [-0.1, -0.05) is 6.92 Å². The van der Waals surface area contributed by atoms with E-state index in [-0.39, 0.29) is 93.4 Å². The van der Waals surface area contributed by atoms with E-state index >= 15 is 0 Å². The SMILES string of the molecule is COCCOCCN1C(=O)C=CC1=O.COCCOCCN1C(=O)CC(SCC(N)C(=O)CCCOCCOCCNC(=O)COCC2O[C@@H](OC)C(O)[C@@H](O)[C@@H]2C)C1=O. The Morgan fingerprint density at radius 2 is 1.42 bits per heavy atom. The van der Waals surface area contributed by atoms with Gasteiger partial charge in [-0.3, -0.25) is 38.6 Å². The van der Waals surface area contributed by atoms with E-state index in [0.717, 1.165) is 4.90 Å². The van der Waals surface area contributed by atoms with Crippen LogP contribution in [0.1, 0.15) is 26.2 Å². The maximum atomic E-state index is 12.5. The monoisotopic (exact) mass is 880 g/mol. The van der Waals surface area contributed by atoms with Crippen LogP contribution < -0.4 is 11.1 Å². The van der Waals surface area contributed by atoms with Gasteiger partial charge in [0.2, 0.25) is 17.7 Å². The number of hydrogen-bond acceptors (Lipinski definition) is 19. The van der Waals surface area contributed by atoms with Crippen molar-refractivity contribution in [2.24, 2.45) is 11.7 Å². The average Bonchev–Trinajstić information content (AvgIpc) is 3.70. The largest absolute Gasteiger partial charge is 0.390 e. The molecule has 0 aromatic carbocycles. The van der Waals surface area contributed by atoms with E-state index in [1.165, 1.54) is 35.9 Å². The summed E-state index contributed by atoms with van der Waals surface area (Å²) in [6.07, 6.45) is -0.355. The Morgan fingerprint density at radius 3 is 2.03 bits per heavy atom. The van der Waals surface area contributed by atoms with Crippen LogP contribution in [0, 0.1) is 5.92 Å². The van der Waals surface area contributed by atoms with Gasteiger partial charge in [0.1, 0.15) is 18.5 Å². The first-order chi connectivity index (χ1) is 28.9. The minimum atomic E-state index is -1.16. The molecule has 60 heavy (non-hydrogen) atoms. The molecule has 7 atom stereocenters. The molecule has 344 valence electrons. The quantitative estimate of drug-likeness (QED) is 0.0420. The maximum Gasteiger partial charge on any atom is 0.253 e. The summed E-state index contributed by atoms with van der Waals surface area (Å²) in [5.74, 6) is -1.70. The second kappa shape index (κ2) is 31.0. The minimum absolute atomic E-state index is 0.0537. The summed E-state index contributed by atoms with van der Waals surface area (Å²) in [7, 11) is 4.51. The van der Waals surface area contributed by atoms with Gasteiger partial charge in [0.05, 0.1) is 103 Å². The first-order valence-electron chi connectivity index (χ1n) is 19.8. The van der Waals surface area contributed by atoms with Crippen molar-refractivity contribution >= 4 is 47.1 Å². The first-order valence-corrected chi connectivity index (χ1v) is 20.9. The number of carbonyl (C=O) groups is 6. The molecule has 0 bridgehead atoms. The minimum Gasteiger partial charge on any atom is -0.390 e. The van der Waals surface area contributed by atoms with Crippen LogP contribution >= 0.6 is 11.8 Å². The zero-order valence-electron chi connectivity index (χ0n) is 35.0. The van der Waals surface area contributed by atoms with E-state index < -0.39 is 41.8 Å². The standard InChI is InChI=1S/C29H51N3O13S.C9H13NO4/c1-19-22(45-29(40-3)27(37)26(19)36)16-44-17-24(34)31-6-9-42-14-13-41-8-4-5-21(33)20(30)18-46-23-15-25(35)32(28(23)38)7-10-43-12-11-39-2;1-13-6-7-14-5-4-10-8(11)2-3-9(10)12/h19-20,22-23,26-27,29,36-37H,4-18,30H2,1-3H3,(H,31,34);2-3H,4-7H2,1H3/t19-,20?,22?,23?,26+,27?,29-;/m1./s1. The molecule has 0 radical (unpaired) electrons. The number of ketones is 1. The number of nitrogens with zero attached hydrogens (tertiary/aromatic N) is 2. The molecule has 0 aliphatic carbocycles. The fourth-order valence-electron chi connectivity index (χ4n) is 5.67. The Balaban J connectivity index is 0.000000745. The summed E-state index contributed by atoms with van der Waals surface area (Å²) in [4.78, 5) is 73.5. The molecular weight excluding hydrogens is 816 g/mol. The van der Waals surface area contributed by atoms with Crippen LogP contribution in [0.5, 0.6) is 0 Å². The first kappa shape index (κ1) is 53.2. The summed E-state index contributed by atoms with van der Waals surface area (Å²) in [6, 6.07) is -0.739. The highest BCUT2D eigenvalue weighted by molar-refractivity contribution is 8.00. The number of carbonyl (C=O) groups excluding carboxylic acids is 6. The Morgan fingerprint density at radius 1 is 0.833 bits per heavy atom. The van der Waals surface area contributed by atoms with Crippen LogP contribution in [0.4, 0.5) is 0 Å². The van der Waals surface area contributed by atoms with Gasteiger partial charge in [-0.2, -0.15) is 0 Å². The highest BCUT2D eigenvalue weighted by atomic mass is 32.2. The van der Waals surface area contributed by atoms with Crippen molar-refractivity contribution < 1.29 is 81.6 Å². The molecule has 5 amide bonds. The molecule has 22 heteroatoms. The molecule has 3 heterocycles. The van der Waals surface area contributed by atoms with Gasteiger partial charge in [0, 0.05) is 71.1 Å². The van der Waals surface area contributed by atoms with Crippen molar-refractivity contribution in [1.82, 2.24) is 15.1 Å². The fraction of sp³-hybridized carbons (Fsp3) is 0.789. The van der Waals surface area contributed by atoms with Crippen LogP contribution in [0.2, 0.25) is 0 Å². The van der Waals surface area contributed by atoms with E-state index in [2.05, 4.69) is 5.32 Å². The number of imide groups is 2. The number of hydrogen-bond donors (Lipinski definition) is 4. The highest BCUT2D eigenvalue weighted by Crippen LogP contribution is 2.27. The zero-order valence-corrected chi connectivity index (χ0v) is 35.8. The number of thioether (sulfide) groups is 1. The van der Waals surface area contributed by atoms with E-state index in [4.69, 9.17) is 48.4 Å². The van der Waals surface area contributed by atoms with Gasteiger partial charge in [-0.25, -0.2) is 0 Å². The molecule has 2 saturated heterocycles. The predicted octanol–water partition coefficient (Wildman–Crippen LogP) is -2.34. The number of nitrogens with one attached hydrogen (secondary N) is 1. The number of rotatable bonds is 31. The van der Waals surface area contributed by atoms with Gasteiger partial charge in [-0.05, 0) is 6.42 Å². The van der Waals surface area contributed by atoms with Gasteiger partial charge in [0.25, 0.3) is 11.8 Å². The lowest BCUT2D eigenvalue weighted by Crippen LogP contribution is -2.55. The van der Waals surface area contributed by atoms with E-state index in [9.17, 15) is 39.0 Å². The Kier molecular flexibility index (Phi) is 27.4. The van der Waals surface area contributed by atoms with Crippen molar-refractivity contribution in [3.05, 3.63) is 12.2 Å². The Labute approximate surface area is 355 Å². The third-order valence-electron chi connectivity index (χ3n) is 9.24. The van der Waals surface area contributed by atoms with Gasteiger partial charge >= 0.3 is 0 Å². The van der Waals surface area contributed by atoms with Crippen molar-refractivity contribution in [1.29, 1.82) is 0 Å². The molecule has 3 aliphatic heterocycles. The molecule has 21 nitrogen and oxygen atoms in total. The van der Waals surface area contributed by atoms with Gasteiger partial charge in [0.15, 0.2) is 6.29 Å². The Bertz CT molecular complexity index is 1330. The third-order valence-corrected chi connectivity index (χ3v) is 10.6. The summed E-state index contributed by atoms with van der Waals surface area (Å²) in [6.45, 7) is 6.00. The number of aliphatic hydroxyl groups excluding tert-OH is 2. The topological polar surface area (TPSA) is 270 Å². The van der Waals surface area contributed by atoms with Gasteiger partial charge in [-0.15, -0.1) is 11.8 Å². The number of ether oxygens (including phenoxy) is 9. The second-order valence-electron chi connectivity index (χ2n) is 13.7. The van der Waals surface area contributed by atoms with Crippen LogP contribution in [0.15, 0.2) is 12.2 Å². The number of methoxy groups -OCH3 is 3. The van der Waals surface area contributed by atoms with Crippen molar-refractivity contribution in [3.8, 4) is 0 Å². The number of likely N-dealkylation sites (tertiary alicyclic amines) is 1. The molecule has 0 saturated carbocycles. The van der Waals surface area contributed by atoms with Crippen LogP contribution in [0.3, 0.4) is 0 Å².